The molecule has 5 nitrogen and oxygen atoms in total. The lowest BCUT2D eigenvalue weighted by molar-refractivity contribution is -0.813. The number of aliphatic imine (C=N–C) groups is 1. The van der Waals surface area contributed by atoms with Gasteiger partial charge in [-0.05, 0) is 25.8 Å². The van der Waals surface area contributed by atoms with Crippen molar-refractivity contribution in [2.24, 2.45) is 10.1 Å². The Hall–Kier alpha value is -1.96. The summed E-state index contributed by atoms with van der Waals surface area (Å²) in [5.41, 5.74) is -0.282. The molecule has 1 aromatic carbocycles. The molecule has 25 heavy (non-hydrogen) atoms. The zero-order valence-electron chi connectivity index (χ0n) is 14.3. The maximum Gasteiger partial charge on any atom is 0.216 e. The van der Waals surface area contributed by atoms with Gasteiger partial charge in [-0.25, -0.2) is 8.78 Å². The molecular weight excluding hydrogens is 326 g/mol. The fourth-order valence-corrected chi connectivity index (χ4v) is 3.47. The maximum atomic E-state index is 14.5. The number of benzene rings is 1. The SMILES string of the molecule is C=C1CCN([C@H](C)[C@](O)(C[NH+]2C=NC=N2)c2ccc(F)cc2F)CC1. The molecule has 1 aromatic rings. The topological polar surface area (TPSA) is 52.6 Å². The minimum atomic E-state index is -1.54. The van der Waals surface area contributed by atoms with E-state index in [1.165, 1.54) is 24.0 Å². The molecule has 3 atom stereocenters. The number of halogens is 2. The number of rotatable bonds is 5. The molecule has 0 aliphatic carbocycles. The van der Waals surface area contributed by atoms with Crippen molar-refractivity contribution in [1.29, 1.82) is 0 Å². The summed E-state index contributed by atoms with van der Waals surface area (Å²) in [6.45, 7) is 7.47. The summed E-state index contributed by atoms with van der Waals surface area (Å²) in [6.07, 6.45) is 4.65. The van der Waals surface area contributed by atoms with Crippen molar-refractivity contribution >= 4 is 12.7 Å². The summed E-state index contributed by atoms with van der Waals surface area (Å²) in [7, 11) is 0. The second kappa shape index (κ2) is 7.11. The fraction of sp³-hybridized carbons (Fsp3) is 0.444. The predicted octanol–water partition coefficient (Wildman–Crippen LogP) is 1.06. The van der Waals surface area contributed by atoms with Gasteiger partial charge in [0, 0.05) is 30.8 Å². The van der Waals surface area contributed by atoms with E-state index in [4.69, 9.17) is 0 Å². The van der Waals surface area contributed by atoms with E-state index in [-0.39, 0.29) is 18.2 Å². The molecule has 1 saturated heterocycles. The van der Waals surface area contributed by atoms with Crippen LogP contribution in [0.3, 0.4) is 0 Å². The summed E-state index contributed by atoms with van der Waals surface area (Å²) in [4.78, 5) is 6.04. The monoisotopic (exact) mass is 349 g/mol. The Labute approximate surface area is 146 Å². The maximum absolute atomic E-state index is 14.5. The van der Waals surface area contributed by atoms with Crippen LogP contribution < -0.4 is 5.01 Å². The Balaban J connectivity index is 1.94. The minimum absolute atomic E-state index is 0.0776. The van der Waals surface area contributed by atoms with E-state index in [2.05, 4.69) is 21.6 Å². The molecule has 134 valence electrons. The van der Waals surface area contributed by atoms with Crippen LogP contribution in [0.15, 0.2) is 40.4 Å². The van der Waals surface area contributed by atoms with Gasteiger partial charge in [-0.15, -0.1) is 0 Å². The molecule has 2 aliphatic heterocycles. The zero-order valence-corrected chi connectivity index (χ0v) is 14.3. The first-order chi connectivity index (χ1) is 11.9. The summed E-state index contributed by atoms with van der Waals surface area (Å²) in [5, 5.41) is 16.2. The number of quaternary nitrogens is 1. The fourth-order valence-electron chi connectivity index (χ4n) is 3.47. The lowest BCUT2D eigenvalue weighted by Gasteiger charge is -2.42. The predicted molar refractivity (Wildman–Crippen MR) is 92.5 cm³/mol. The molecule has 3 rings (SSSR count). The highest BCUT2D eigenvalue weighted by Gasteiger charge is 2.45. The first-order valence-corrected chi connectivity index (χ1v) is 8.40. The third-order valence-corrected chi connectivity index (χ3v) is 5.11. The number of hydrogen-bond donors (Lipinski definition) is 2. The quantitative estimate of drug-likeness (QED) is 0.781. The van der Waals surface area contributed by atoms with Crippen molar-refractivity contribution in [2.75, 3.05) is 19.6 Å². The Morgan fingerprint density at radius 1 is 1.36 bits per heavy atom. The Morgan fingerprint density at radius 2 is 2.08 bits per heavy atom. The highest BCUT2D eigenvalue weighted by Crippen LogP contribution is 2.32. The van der Waals surface area contributed by atoms with Crippen molar-refractivity contribution in [3.63, 3.8) is 0 Å². The molecule has 0 saturated carbocycles. The molecule has 0 aromatic heterocycles. The van der Waals surface area contributed by atoms with Gasteiger partial charge in [0.1, 0.15) is 18.2 Å². The Morgan fingerprint density at radius 3 is 2.68 bits per heavy atom. The molecule has 2 aliphatic rings. The molecule has 0 bridgehead atoms. The van der Waals surface area contributed by atoms with Crippen LogP contribution in [0.1, 0.15) is 25.3 Å². The lowest BCUT2D eigenvalue weighted by atomic mass is 9.84. The second-order valence-electron chi connectivity index (χ2n) is 6.70. The van der Waals surface area contributed by atoms with Crippen LogP contribution in [0.2, 0.25) is 0 Å². The van der Waals surface area contributed by atoms with E-state index >= 15 is 0 Å². The molecule has 0 radical (unpaired) electrons. The number of nitrogens with zero attached hydrogens (tertiary/aromatic N) is 3. The van der Waals surface area contributed by atoms with E-state index in [0.29, 0.717) is 5.01 Å². The van der Waals surface area contributed by atoms with E-state index in [1.807, 2.05) is 6.92 Å². The Bertz CT molecular complexity index is 699. The molecular formula is C18H23F2N4O+. The van der Waals surface area contributed by atoms with Crippen molar-refractivity contribution in [3.8, 4) is 0 Å². The summed E-state index contributed by atoms with van der Waals surface area (Å²) in [6, 6.07) is 2.92. The van der Waals surface area contributed by atoms with Crippen molar-refractivity contribution in [2.45, 2.75) is 31.4 Å². The number of hydrogen-bond acceptors (Lipinski definition) is 4. The Kier molecular flexibility index (Phi) is 5.08. The van der Waals surface area contributed by atoms with Crippen LogP contribution in [0.25, 0.3) is 0 Å². The molecule has 2 N–H and O–H groups in total. The van der Waals surface area contributed by atoms with Crippen LogP contribution in [-0.4, -0.2) is 48.4 Å². The lowest BCUT2D eigenvalue weighted by Crippen LogP contribution is -3.08. The zero-order chi connectivity index (χ0) is 18.0. The molecule has 2 heterocycles. The summed E-state index contributed by atoms with van der Waals surface area (Å²) >= 11 is 0. The van der Waals surface area contributed by atoms with Crippen molar-refractivity contribution < 1.29 is 18.9 Å². The normalized spacial score (nSPS) is 24.5. The van der Waals surface area contributed by atoms with E-state index in [0.717, 1.165) is 32.0 Å². The van der Waals surface area contributed by atoms with Crippen LogP contribution in [0, 0.1) is 11.6 Å². The van der Waals surface area contributed by atoms with Gasteiger partial charge in [-0.3, -0.25) is 4.90 Å². The van der Waals surface area contributed by atoms with Gasteiger partial charge in [0.15, 0.2) is 11.9 Å². The van der Waals surface area contributed by atoms with Gasteiger partial charge in [-0.1, -0.05) is 23.3 Å². The van der Waals surface area contributed by atoms with Crippen LogP contribution in [0.5, 0.6) is 0 Å². The summed E-state index contributed by atoms with van der Waals surface area (Å²) in [5.74, 6) is -1.42. The molecule has 1 fully saturated rings. The van der Waals surface area contributed by atoms with Crippen LogP contribution >= 0.6 is 0 Å². The summed E-state index contributed by atoms with van der Waals surface area (Å²) < 4.78 is 27.8. The number of piperidine rings is 1. The molecule has 1 unspecified atom stereocenters. The van der Waals surface area contributed by atoms with Crippen LogP contribution in [0.4, 0.5) is 8.78 Å². The highest BCUT2D eigenvalue weighted by atomic mass is 19.1. The van der Waals surface area contributed by atoms with Gasteiger partial charge < -0.3 is 5.11 Å². The number of aliphatic hydroxyl groups is 1. The number of nitrogens with one attached hydrogen (secondary N) is 1. The van der Waals surface area contributed by atoms with Crippen LogP contribution in [-0.2, 0) is 5.60 Å². The minimum Gasteiger partial charge on any atom is -0.377 e. The van der Waals surface area contributed by atoms with E-state index in [9.17, 15) is 13.9 Å². The largest absolute Gasteiger partial charge is 0.377 e. The average Bonchev–Trinajstić information content (AvgIpc) is 3.07. The standard InChI is InChI=1S/C18H22F2N4O/c1-13-5-7-23(8-6-13)14(2)18(25,10-24-12-21-11-22-24)16-4-3-15(19)9-17(16)20/h3-4,9,11-12,14,25H,1,5-8,10H2,2H3/p+1/t14-,18-/m1/s1. The molecule has 7 heteroatoms. The van der Waals surface area contributed by atoms with Gasteiger partial charge in [0.05, 0.1) is 0 Å². The van der Waals surface area contributed by atoms with E-state index < -0.39 is 17.2 Å². The average molecular weight is 349 g/mol. The third kappa shape index (κ3) is 3.68. The highest BCUT2D eigenvalue weighted by molar-refractivity contribution is 5.69. The van der Waals surface area contributed by atoms with Crippen molar-refractivity contribution in [1.82, 2.24) is 4.90 Å². The van der Waals surface area contributed by atoms with Gasteiger partial charge in [0.25, 0.3) is 0 Å². The third-order valence-electron chi connectivity index (χ3n) is 5.11. The molecule has 0 amide bonds. The smallest absolute Gasteiger partial charge is 0.216 e. The van der Waals surface area contributed by atoms with Gasteiger partial charge in [0.2, 0.25) is 6.34 Å². The van der Waals surface area contributed by atoms with Crippen molar-refractivity contribution in [3.05, 3.63) is 47.5 Å². The second-order valence-corrected chi connectivity index (χ2v) is 6.70. The van der Waals surface area contributed by atoms with E-state index in [1.54, 1.807) is 6.34 Å². The van der Waals surface area contributed by atoms with Gasteiger partial charge >= 0.3 is 0 Å². The van der Waals surface area contributed by atoms with Gasteiger partial charge in [-0.2, -0.15) is 10.0 Å². The number of likely N-dealkylation sites (tertiary alicyclic amines) is 1. The molecule has 0 spiro atoms. The first kappa shape index (κ1) is 17.8. The first-order valence-electron chi connectivity index (χ1n) is 8.40.